The molecule has 1 unspecified atom stereocenters. The van der Waals surface area contributed by atoms with Gasteiger partial charge in [-0.25, -0.2) is 4.98 Å². The number of hydrogen-bond acceptors (Lipinski definition) is 3. The SMILES string of the molecule is O=C1Nc2ncccc2C1=Cc1ccc(OP)cc1. The summed E-state index contributed by atoms with van der Waals surface area (Å²) in [6.07, 6.45) is 3.50. The number of anilines is 1. The first-order chi connectivity index (χ1) is 9.28. The molecule has 1 N–H and O–H groups in total. The Bertz CT molecular complexity index is 665. The number of nitrogens with one attached hydrogen (secondary N) is 1. The lowest BCUT2D eigenvalue weighted by Crippen LogP contribution is -2.04. The van der Waals surface area contributed by atoms with Crippen molar-refractivity contribution in [1.29, 1.82) is 0 Å². The first-order valence-corrected chi connectivity index (χ1v) is 6.20. The standard InChI is InChI=1S/C14H11N2O2P/c17-14-12(11-2-1-7-15-13(11)16-14)8-9-3-5-10(18-19)6-4-9/h1-8H,19H2,(H,15,16,17). The summed E-state index contributed by atoms with van der Waals surface area (Å²) in [6, 6.07) is 11.2. The molecule has 0 fully saturated rings. The third kappa shape index (κ3) is 2.23. The molecular weight excluding hydrogens is 259 g/mol. The molecule has 1 aliphatic rings. The molecule has 0 radical (unpaired) electrons. The molecule has 0 saturated heterocycles. The van der Waals surface area contributed by atoms with Crippen LogP contribution in [0.3, 0.4) is 0 Å². The number of aromatic nitrogens is 1. The van der Waals surface area contributed by atoms with Crippen molar-refractivity contribution in [2.75, 3.05) is 5.32 Å². The van der Waals surface area contributed by atoms with E-state index < -0.39 is 0 Å². The van der Waals surface area contributed by atoms with Gasteiger partial charge in [-0.3, -0.25) is 4.79 Å². The van der Waals surface area contributed by atoms with Crippen molar-refractivity contribution in [3.63, 3.8) is 0 Å². The molecule has 0 spiro atoms. The van der Waals surface area contributed by atoms with Gasteiger partial charge in [0.05, 0.1) is 15.0 Å². The third-order valence-corrected chi connectivity index (χ3v) is 3.17. The topological polar surface area (TPSA) is 51.2 Å². The zero-order chi connectivity index (χ0) is 13.2. The van der Waals surface area contributed by atoms with Crippen LogP contribution in [-0.2, 0) is 4.79 Å². The van der Waals surface area contributed by atoms with Crippen molar-refractivity contribution < 1.29 is 9.32 Å². The van der Waals surface area contributed by atoms with Gasteiger partial charge < -0.3 is 9.84 Å². The predicted molar refractivity (Wildman–Crippen MR) is 77.5 cm³/mol. The van der Waals surface area contributed by atoms with Crippen LogP contribution in [0.15, 0.2) is 42.6 Å². The number of benzene rings is 1. The highest BCUT2D eigenvalue weighted by Crippen LogP contribution is 2.31. The molecular formula is C14H11N2O2P. The maximum atomic E-state index is 11.9. The van der Waals surface area contributed by atoms with E-state index in [0.717, 1.165) is 16.9 Å². The zero-order valence-electron chi connectivity index (χ0n) is 9.96. The predicted octanol–water partition coefficient (Wildman–Crippen LogP) is 2.74. The number of hydrogen-bond donors (Lipinski definition) is 1. The summed E-state index contributed by atoms with van der Waals surface area (Å²) in [5.74, 6) is 1.24. The van der Waals surface area contributed by atoms with Gasteiger partial charge in [-0.05, 0) is 35.9 Å². The molecule has 1 amide bonds. The van der Waals surface area contributed by atoms with Crippen LogP contribution >= 0.6 is 9.47 Å². The van der Waals surface area contributed by atoms with Crippen molar-refractivity contribution in [3.05, 3.63) is 53.7 Å². The van der Waals surface area contributed by atoms with Gasteiger partial charge in [0.15, 0.2) is 0 Å². The average Bonchev–Trinajstić information content (AvgIpc) is 2.76. The summed E-state index contributed by atoms with van der Waals surface area (Å²) in [7, 11) is 2.20. The lowest BCUT2D eigenvalue weighted by molar-refractivity contribution is -0.110. The maximum absolute atomic E-state index is 11.9. The zero-order valence-corrected chi connectivity index (χ0v) is 11.1. The summed E-state index contributed by atoms with van der Waals surface area (Å²) in [5.41, 5.74) is 2.40. The smallest absolute Gasteiger partial charge is 0.257 e. The van der Waals surface area contributed by atoms with E-state index in [0.29, 0.717) is 11.4 Å². The van der Waals surface area contributed by atoms with Gasteiger partial charge in [0, 0.05) is 11.8 Å². The number of amides is 1. The van der Waals surface area contributed by atoms with Crippen molar-refractivity contribution in [2.45, 2.75) is 0 Å². The van der Waals surface area contributed by atoms with E-state index in [2.05, 4.69) is 19.8 Å². The van der Waals surface area contributed by atoms with E-state index in [1.54, 1.807) is 6.20 Å². The highest BCUT2D eigenvalue weighted by molar-refractivity contribution is 7.10. The van der Waals surface area contributed by atoms with Crippen molar-refractivity contribution in [3.8, 4) is 5.75 Å². The molecule has 4 nitrogen and oxygen atoms in total. The van der Waals surface area contributed by atoms with Crippen LogP contribution in [0.25, 0.3) is 11.6 Å². The highest BCUT2D eigenvalue weighted by atomic mass is 31.0. The Morgan fingerprint density at radius 3 is 2.74 bits per heavy atom. The minimum atomic E-state index is -0.125. The van der Waals surface area contributed by atoms with Gasteiger partial charge in [0.1, 0.15) is 11.6 Å². The summed E-state index contributed by atoms with van der Waals surface area (Å²) in [5, 5.41) is 2.74. The van der Waals surface area contributed by atoms with Crippen LogP contribution in [0.2, 0.25) is 0 Å². The quantitative estimate of drug-likeness (QED) is 0.674. The van der Waals surface area contributed by atoms with Gasteiger partial charge in [-0.15, -0.1) is 0 Å². The number of nitrogens with zero attached hydrogens (tertiary/aromatic N) is 1. The largest absolute Gasteiger partial charge is 0.480 e. The van der Waals surface area contributed by atoms with Crippen molar-refractivity contribution in [1.82, 2.24) is 4.98 Å². The second-order valence-corrected chi connectivity index (χ2v) is 4.33. The highest BCUT2D eigenvalue weighted by Gasteiger charge is 2.24. The van der Waals surface area contributed by atoms with E-state index in [9.17, 15) is 4.79 Å². The van der Waals surface area contributed by atoms with Crippen molar-refractivity contribution >= 4 is 32.8 Å². The number of carbonyl (C=O) groups excluding carboxylic acids is 1. The maximum Gasteiger partial charge on any atom is 0.257 e. The average molecular weight is 270 g/mol. The molecule has 1 aliphatic heterocycles. The van der Waals surface area contributed by atoms with E-state index in [1.807, 2.05) is 42.5 Å². The van der Waals surface area contributed by atoms with E-state index in [-0.39, 0.29) is 5.91 Å². The Hall–Kier alpha value is -2.19. The van der Waals surface area contributed by atoms with Gasteiger partial charge in [0.25, 0.3) is 5.91 Å². The van der Waals surface area contributed by atoms with E-state index >= 15 is 0 Å². The Labute approximate surface area is 112 Å². The van der Waals surface area contributed by atoms with Crippen molar-refractivity contribution in [2.24, 2.45) is 0 Å². The fourth-order valence-electron chi connectivity index (χ4n) is 1.97. The third-order valence-electron chi connectivity index (χ3n) is 2.90. The molecule has 19 heavy (non-hydrogen) atoms. The summed E-state index contributed by atoms with van der Waals surface area (Å²) >= 11 is 0. The summed E-state index contributed by atoms with van der Waals surface area (Å²) in [4.78, 5) is 16.0. The van der Waals surface area contributed by atoms with E-state index in [4.69, 9.17) is 4.52 Å². The normalized spacial score (nSPS) is 15.2. The molecule has 1 aromatic heterocycles. The first-order valence-electron chi connectivity index (χ1n) is 5.73. The van der Waals surface area contributed by atoms with Crippen LogP contribution in [0.1, 0.15) is 11.1 Å². The van der Waals surface area contributed by atoms with Crippen LogP contribution in [0.4, 0.5) is 5.82 Å². The minimum Gasteiger partial charge on any atom is -0.480 e. The Morgan fingerprint density at radius 2 is 2.00 bits per heavy atom. The van der Waals surface area contributed by atoms with Crippen LogP contribution in [-0.4, -0.2) is 10.9 Å². The lowest BCUT2D eigenvalue weighted by Gasteiger charge is -2.00. The number of pyridine rings is 1. The monoisotopic (exact) mass is 270 g/mol. The molecule has 1 atom stereocenters. The first kappa shape index (κ1) is 11.9. The molecule has 3 rings (SSSR count). The van der Waals surface area contributed by atoms with Gasteiger partial charge >= 0.3 is 0 Å². The fraction of sp³-hybridized carbons (Fsp3) is 0. The Balaban J connectivity index is 2.01. The second kappa shape index (κ2) is 4.82. The molecule has 2 aromatic rings. The molecule has 94 valence electrons. The van der Waals surface area contributed by atoms with Gasteiger partial charge in [-0.2, -0.15) is 0 Å². The molecule has 0 saturated carbocycles. The van der Waals surface area contributed by atoms with Gasteiger partial charge in [-0.1, -0.05) is 12.1 Å². The summed E-state index contributed by atoms with van der Waals surface area (Å²) < 4.78 is 5.02. The van der Waals surface area contributed by atoms with Crippen LogP contribution in [0, 0.1) is 0 Å². The molecule has 2 heterocycles. The lowest BCUT2D eigenvalue weighted by atomic mass is 10.1. The summed E-state index contributed by atoms with van der Waals surface area (Å²) in [6.45, 7) is 0. The molecule has 0 bridgehead atoms. The molecule has 5 heteroatoms. The number of carbonyl (C=O) groups is 1. The molecule has 1 aromatic carbocycles. The van der Waals surface area contributed by atoms with E-state index in [1.165, 1.54) is 0 Å². The van der Waals surface area contributed by atoms with Gasteiger partial charge in [0.2, 0.25) is 0 Å². The number of rotatable bonds is 2. The second-order valence-electron chi connectivity index (χ2n) is 4.10. The Kier molecular flexibility index (Phi) is 3.02. The number of fused-ring (bicyclic) bond motifs is 1. The van der Waals surface area contributed by atoms with Crippen LogP contribution in [0.5, 0.6) is 5.75 Å². The fourth-order valence-corrected chi connectivity index (χ4v) is 2.13. The minimum absolute atomic E-state index is 0.125. The Morgan fingerprint density at radius 1 is 1.21 bits per heavy atom. The van der Waals surface area contributed by atoms with Crippen LogP contribution < -0.4 is 9.84 Å². The molecule has 0 aliphatic carbocycles.